The lowest BCUT2D eigenvalue weighted by molar-refractivity contribution is -0.139. The van der Waals surface area contributed by atoms with Crippen LogP contribution in [0.15, 0.2) is 0 Å². The Morgan fingerprint density at radius 2 is 2.25 bits per heavy atom. The summed E-state index contributed by atoms with van der Waals surface area (Å²) in [6.45, 7) is 4.07. The number of carboxylic acid groups (broad SMARTS) is 1. The Morgan fingerprint density at radius 1 is 1.67 bits per heavy atom. The van der Waals surface area contributed by atoms with Crippen LogP contribution in [0.4, 0.5) is 0 Å². The number of nitrogens with one attached hydrogen (secondary N) is 1. The van der Waals surface area contributed by atoms with Gasteiger partial charge in [0.05, 0.1) is 0 Å². The molecule has 0 fully saturated rings. The first-order chi connectivity index (χ1) is 5.61. The highest BCUT2D eigenvalue weighted by Crippen LogP contribution is 1.98. The van der Waals surface area contributed by atoms with Gasteiger partial charge in [-0.05, 0) is 13.3 Å². The summed E-state index contributed by atoms with van der Waals surface area (Å²) < 4.78 is 0. The third-order valence-corrected chi connectivity index (χ3v) is 2.05. The SMILES string of the molecule is CCCC(C)N[C@@H](CS)C(=O)O. The monoisotopic (exact) mass is 191 g/mol. The maximum atomic E-state index is 10.6. The molecule has 0 amide bonds. The van der Waals surface area contributed by atoms with E-state index in [9.17, 15) is 4.79 Å². The molecule has 1 unspecified atom stereocenters. The van der Waals surface area contributed by atoms with Gasteiger partial charge in [0.1, 0.15) is 6.04 Å². The fourth-order valence-corrected chi connectivity index (χ4v) is 1.32. The summed E-state index contributed by atoms with van der Waals surface area (Å²) in [5.74, 6) is -0.489. The highest BCUT2D eigenvalue weighted by atomic mass is 32.1. The Labute approximate surface area is 79.0 Å². The molecular formula is C8H17NO2S. The van der Waals surface area contributed by atoms with Crippen LogP contribution in [0.1, 0.15) is 26.7 Å². The number of hydrogen-bond acceptors (Lipinski definition) is 3. The Morgan fingerprint density at radius 3 is 2.58 bits per heavy atom. The molecule has 3 nitrogen and oxygen atoms in total. The van der Waals surface area contributed by atoms with Gasteiger partial charge in [0.25, 0.3) is 0 Å². The van der Waals surface area contributed by atoms with E-state index in [0.29, 0.717) is 5.75 Å². The molecular weight excluding hydrogens is 174 g/mol. The smallest absolute Gasteiger partial charge is 0.321 e. The molecule has 0 aromatic carbocycles. The summed E-state index contributed by atoms with van der Waals surface area (Å²) in [7, 11) is 0. The van der Waals surface area contributed by atoms with E-state index in [-0.39, 0.29) is 6.04 Å². The third kappa shape index (κ3) is 4.62. The van der Waals surface area contributed by atoms with Gasteiger partial charge < -0.3 is 10.4 Å². The molecule has 12 heavy (non-hydrogen) atoms. The first-order valence-corrected chi connectivity index (χ1v) is 4.84. The molecule has 0 saturated carbocycles. The van der Waals surface area contributed by atoms with E-state index in [2.05, 4.69) is 24.9 Å². The summed E-state index contributed by atoms with van der Waals surface area (Å²) >= 11 is 3.95. The summed E-state index contributed by atoms with van der Waals surface area (Å²) in [5.41, 5.74) is 0. The van der Waals surface area contributed by atoms with Gasteiger partial charge >= 0.3 is 5.97 Å². The standard InChI is InChI=1S/C8H17NO2S/c1-3-4-6(2)9-7(5-12)8(10)11/h6-7,9,12H,3-5H2,1-2H3,(H,10,11)/t6?,7-/m0/s1. The lowest BCUT2D eigenvalue weighted by Crippen LogP contribution is -2.43. The zero-order valence-electron chi connectivity index (χ0n) is 7.58. The second kappa shape index (κ2) is 6.31. The van der Waals surface area contributed by atoms with Crippen LogP contribution in [0.2, 0.25) is 0 Å². The van der Waals surface area contributed by atoms with E-state index in [1.165, 1.54) is 0 Å². The van der Waals surface area contributed by atoms with Crippen molar-refractivity contribution in [3.05, 3.63) is 0 Å². The molecule has 0 radical (unpaired) electrons. The highest BCUT2D eigenvalue weighted by molar-refractivity contribution is 7.80. The average molecular weight is 191 g/mol. The van der Waals surface area contributed by atoms with Crippen molar-refractivity contribution in [1.29, 1.82) is 0 Å². The van der Waals surface area contributed by atoms with E-state index in [4.69, 9.17) is 5.11 Å². The van der Waals surface area contributed by atoms with Gasteiger partial charge in [-0.25, -0.2) is 0 Å². The summed E-state index contributed by atoms with van der Waals surface area (Å²) in [5, 5.41) is 11.7. The molecule has 0 spiro atoms. The summed E-state index contributed by atoms with van der Waals surface area (Å²) in [6.07, 6.45) is 2.06. The van der Waals surface area contributed by atoms with E-state index < -0.39 is 12.0 Å². The van der Waals surface area contributed by atoms with E-state index in [1.54, 1.807) is 0 Å². The Kier molecular flexibility index (Phi) is 6.20. The van der Waals surface area contributed by atoms with Gasteiger partial charge in [-0.15, -0.1) is 0 Å². The molecule has 0 aromatic heterocycles. The molecule has 2 atom stereocenters. The molecule has 0 saturated heterocycles. The average Bonchev–Trinajstić information content (AvgIpc) is 2.00. The lowest BCUT2D eigenvalue weighted by Gasteiger charge is -2.17. The number of thiol groups is 1. The second-order valence-corrected chi connectivity index (χ2v) is 3.29. The lowest BCUT2D eigenvalue weighted by atomic mass is 10.2. The van der Waals surface area contributed by atoms with Crippen LogP contribution in [0.5, 0.6) is 0 Å². The predicted molar refractivity (Wildman–Crippen MR) is 52.8 cm³/mol. The molecule has 0 aliphatic rings. The predicted octanol–water partition coefficient (Wildman–Crippen LogP) is 1.15. The number of hydrogen-bond donors (Lipinski definition) is 3. The van der Waals surface area contributed by atoms with Crippen molar-refractivity contribution in [3.8, 4) is 0 Å². The topological polar surface area (TPSA) is 49.3 Å². The number of rotatable bonds is 6. The fraction of sp³-hybridized carbons (Fsp3) is 0.875. The first kappa shape index (κ1) is 11.8. The van der Waals surface area contributed by atoms with E-state index in [0.717, 1.165) is 12.8 Å². The van der Waals surface area contributed by atoms with Crippen molar-refractivity contribution in [2.75, 3.05) is 5.75 Å². The minimum Gasteiger partial charge on any atom is -0.480 e. The van der Waals surface area contributed by atoms with Crippen LogP contribution >= 0.6 is 12.6 Å². The summed E-state index contributed by atoms with van der Waals surface area (Å²) in [4.78, 5) is 10.6. The molecule has 0 aliphatic heterocycles. The fourth-order valence-electron chi connectivity index (χ4n) is 1.06. The zero-order chi connectivity index (χ0) is 9.56. The molecule has 0 rings (SSSR count). The molecule has 4 heteroatoms. The number of carbonyl (C=O) groups is 1. The van der Waals surface area contributed by atoms with Gasteiger partial charge in [0, 0.05) is 11.8 Å². The third-order valence-electron chi connectivity index (χ3n) is 1.69. The van der Waals surface area contributed by atoms with Gasteiger partial charge in [0.15, 0.2) is 0 Å². The van der Waals surface area contributed by atoms with Gasteiger partial charge in [0.2, 0.25) is 0 Å². The maximum absolute atomic E-state index is 10.6. The van der Waals surface area contributed by atoms with Crippen molar-refractivity contribution in [2.24, 2.45) is 0 Å². The minimum absolute atomic E-state index is 0.253. The van der Waals surface area contributed by atoms with Crippen LogP contribution in [0, 0.1) is 0 Å². The van der Waals surface area contributed by atoms with Crippen molar-refractivity contribution in [2.45, 2.75) is 38.8 Å². The molecule has 0 heterocycles. The van der Waals surface area contributed by atoms with Crippen molar-refractivity contribution < 1.29 is 9.90 Å². The number of carboxylic acids is 1. The van der Waals surface area contributed by atoms with E-state index in [1.807, 2.05) is 6.92 Å². The quantitative estimate of drug-likeness (QED) is 0.552. The molecule has 0 aromatic rings. The maximum Gasteiger partial charge on any atom is 0.321 e. The zero-order valence-corrected chi connectivity index (χ0v) is 8.47. The molecule has 0 aliphatic carbocycles. The van der Waals surface area contributed by atoms with Crippen LogP contribution < -0.4 is 5.32 Å². The Bertz CT molecular complexity index is 141. The number of aliphatic carboxylic acids is 1. The van der Waals surface area contributed by atoms with Crippen LogP contribution in [0.25, 0.3) is 0 Å². The van der Waals surface area contributed by atoms with Crippen LogP contribution in [-0.2, 0) is 4.79 Å². The minimum atomic E-state index is -0.826. The first-order valence-electron chi connectivity index (χ1n) is 4.21. The van der Waals surface area contributed by atoms with Gasteiger partial charge in [-0.1, -0.05) is 13.3 Å². The largest absolute Gasteiger partial charge is 0.480 e. The Hall–Kier alpha value is -0.220. The van der Waals surface area contributed by atoms with Crippen molar-refractivity contribution in [1.82, 2.24) is 5.32 Å². The second-order valence-electron chi connectivity index (χ2n) is 2.93. The van der Waals surface area contributed by atoms with Gasteiger partial charge in [-0.2, -0.15) is 12.6 Å². The summed E-state index contributed by atoms with van der Waals surface area (Å²) in [6, 6.07) is -0.266. The molecule has 0 bridgehead atoms. The van der Waals surface area contributed by atoms with E-state index >= 15 is 0 Å². The normalized spacial score (nSPS) is 15.6. The molecule has 2 N–H and O–H groups in total. The highest BCUT2D eigenvalue weighted by Gasteiger charge is 2.16. The van der Waals surface area contributed by atoms with Crippen molar-refractivity contribution >= 4 is 18.6 Å². The van der Waals surface area contributed by atoms with Gasteiger partial charge in [-0.3, -0.25) is 4.79 Å². The van der Waals surface area contributed by atoms with Crippen LogP contribution in [-0.4, -0.2) is 28.9 Å². The van der Waals surface area contributed by atoms with Crippen molar-refractivity contribution in [3.63, 3.8) is 0 Å². The van der Waals surface area contributed by atoms with Crippen LogP contribution in [0.3, 0.4) is 0 Å². The molecule has 72 valence electrons. The Balaban J connectivity index is 3.77.